The maximum absolute atomic E-state index is 10.4. The number of aliphatic carboxylic acids is 1. The molecule has 0 aromatic rings. The van der Waals surface area contributed by atoms with Gasteiger partial charge in [0.15, 0.2) is 8.32 Å². The van der Waals surface area contributed by atoms with Crippen LogP contribution in [0.2, 0.25) is 18.1 Å². The van der Waals surface area contributed by atoms with Crippen LogP contribution in [-0.2, 0) is 9.22 Å². The molecule has 28 heavy (non-hydrogen) atoms. The highest BCUT2D eigenvalue weighted by molar-refractivity contribution is 6.74. The number of carbonyl (C=O) groups is 1. The molecular formula is C24H44O3Si. The van der Waals surface area contributed by atoms with Gasteiger partial charge in [-0.3, -0.25) is 4.79 Å². The molecule has 4 heteroatoms. The molecule has 0 fully saturated rings. The van der Waals surface area contributed by atoms with Crippen molar-refractivity contribution in [2.45, 2.75) is 110 Å². The number of carboxylic acids is 1. The Bertz CT molecular complexity index is 498. The molecule has 0 bridgehead atoms. The molecule has 0 aliphatic rings. The number of allylic oxidation sites excluding steroid dienone is 5. The number of carboxylic acid groups (broad SMARTS) is 1. The van der Waals surface area contributed by atoms with Gasteiger partial charge in [-0.05, 0) is 57.2 Å². The first-order valence-electron chi connectivity index (χ1n) is 10.9. The normalized spacial score (nSPS) is 14.5. The van der Waals surface area contributed by atoms with Crippen LogP contribution in [0, 0.1) is 0 Å². The third-order valence-electron chi connectivity index (χ3n) is 5.33. The van der Waals surface area contributed by atoms with Crippen molar-refractivity contribution in [3.63, 3.8) is 0 Å². The summed E-state index contributed by atoms with van der Waals surface area (Å²) >= 11 is 0. The van der Waals surface area contributed by atoms with Gasteiger partial charge >= 0.3 is 5.97 Å². The van der Waals surface area contributed by atoms with Crippen molar-refractivity contribution in [2.24, 2.45) is 0 Å². The van der Waals surface area contributed by atoms with E-state index in [1.165, 1.54) is 12.8 Å². The minimum absolute atomic E-state index is 0.179. The van der Waals surface area contributed by atoms with Crippen molar-refractivity contribution in [1.82, 2.24) is 0 Å². The molecule has 0 saturated heterocycles. The van der Waals surface area contributed by atoms with E-state index in [1.54, 1.807) is 0 Å². The summed E-state index contributed by atoms with van der Waals surface area (Å²) in [6.07, 6.45) is 22.2. The maximum Gasteiger partial charge on any atom is 0.303 e. The van der Waals surface area contributed by atoms with E-state index in [-0.39, 0.29) is 11.1 Å². The second kappa shape index (κ2) is 14.8. The van der Waals surface area contributed by atoms with Gasteiger partial charge < -0.3 is 9.53 Å². The van der Waals surface area contributed by atoms with E-state index in [9.17, 15) is 4.79 Å². The van der Waals surface area contributed by atoms with Crippen molar-refractivity contribution in [3.05, 3.63) is 36.5 Å². The topological polar surface area (TPSA) is 46.5 Å². The van der Waals surface area contributed by atoms with E-state index in [1.807, 2.05) is 0 Å². The van der Waals surface area contributed by atoms with Crippen molar-refractivity contribution >= 4 is 14.3 Å². The maximum atomic E-state index is 10.4. The van der Waals surface area contributed by atoms with Gasteiger partial charge in [0.1, 0.15) is 0 Å². The number of hydrogen-bond donors (Lipinski definition) is 1. The summed E-state index contributed by atoms with van der Waals surface area (Å²) in [5.41, 5.74) is 0. The molecule has 3 nitrogen and oxygen atoms in total. The molecule has 0 aliphatic carbocycles. The fourth-order valence-corrected chi connectivity index (χ4v) is 3.94. The number of unbranched alkanes of at least 4 members (excludes halogenated alkanes) is 5. The summed E-state index contributed by atoms with van der Waals surface area (Å²) in [6, 6.07) is 0. The van der Waals surface area contributed by atoms with E-state index in [0.29, 0.717) is 6.42 Å². The van der Waals surface area contributed by atoms with Gasteiger partial charge in [0, 0.05) is 6.42 Å². The van der Waals surface area contributed by atoms with E-state index in [2.05, 4.69) is 77.2 Å². The van der Waals surface area contributed by atoms with E-state index >= 15 is 0 Å². The minimum atomic E-state index is -1.68. The van der Waals surface area contributed by atoms with Crippen molar-refractivity contribution < 1.29 is 14.3 Å². The Morgan fingerprint density at radius 3 is 2.07 bits per heavy atom. The Morgan fingerprint density at radius 2 is 1.46 bits per heavy atom. The Hall–Kier alpha value is -1.13. The predicted octanol–water partition coefficient (Wildman–Crippen LogP) is 7.66. The first-order valence-corrected chi connectivity index (χ1v) is 13.8. The monoisotopic (exact) mass is 408 g/mol. The van der Waals surface area contributed by atoms with Gasteiger partial charge in [0.2, 0.25) is 0 Å². The van der Waals surface area contributed by atoms with Crippen LogP contribution < -0.4 is 0 Å². The average molecular weight is 409 g/mol. The number of hydrogen-bond acceptors (Lipinski definition) is 2. The lowest BCUT2D eigenvalue weighted by molar-refractivity contribution is -0.137. The molecule has 0 radical (unpaired) electrons. The van der Waals surface area contributed by atoms with Crippen molar-refractivity contribution in [3.8, 4) is 0 Å². The fraction of sp³-hybridized carbons (Fsp3) is 0.708. The summed E-state index contributed by atoms with van der Waals surface area (Å²) in [5.74, 6) is -0.680. The Morgan fingerprint density at radius 1 is 0.929 bits per heavy atom. The molecule has 162 valence electrons. The quantitative estimate of drug-likeness (QED) is 0.172. The summed E-state index contributed by atoms with van der Waals surface area (Å²) in [4.78, 5) is 10.4. The predicted molar refractivity (Wildman–Crippen MR) is 124 cm³/mol. The van der Waals surface area contributed by atoms with Gasteiger partial charge in [-0.25, -0.2) is 0 Å². The second-order valence-electron chi connectivity index (χ2n) is 9.13. The van der Waals surface area contributed by atoms with Crippen LogP contribution in [0.4, 0.5) is 0 Å². The van der Waals surface area contributed by atoms with Gasteiger partial charge in [-0.1, -0.05) is 76.5 Å². The van der Waals surface area contributed by atoms with Gasteiger partial charge in [-0.15, -0.1) is 0 Å². The standard InChI is InChI=1S/C24H44O3Si/c1-22(27-28(5,6)24(2,3)4)20-18-16-14-12-10-8-7-9-11-13-15-17-19-21-23(25)26/h7-8,12,14,18,20,22H,9-11,13,15-17,19,21H2,1-6H3,(H,25,26)/b8-7-,14-12-,20-18-/t22-/m0/s1. The van der Waals surface area contributed by atoms with Crippen LogP contribution in [0.25, 0.3) is 0 Å². The molecule has 0 amide bonds. The largest absolute Gasteiger partial charge is 0.481 e. The van der Waals surface area contributed by atoms with Crippen LogP contribution in [0.1, 0.15) is 85.5 Å². The molecule has 0 aromatic heterocycles. The average Bonchev–Trinajstić information content (AvgIpc) is 2.56. The lowest BCUT2D eigenvalue weighted by atomic mass is 10.1. The molecule has 1 atom stereocenters. The van der Waals surface area contributed by atoms with Crippen LogP contribution in [0.3, 0.4) is 0 Å². The second-order valence-corrected chi connectivity index (χ2v) is 13.9. The Balaban J connectivity index is 3.72. The third-order valence-corrected chi connectivity index (χ3v) is 9.91. The van der Waals surface area contributed by atoms with Crippen molar-refractivity contribution in [1.29, 1.82) is 0 Å². The fourth-order valence-electron chi connectivity index (χ4n) is 2.58. The lowest BCUT2D eigenvalue weighted by Gasteiger charge is -2.37. The van der Waals surface area contributed by atoms with Crippen molar-refractivity contribution in [2.75, 3.05) is 0 Å². The van der Waals surface area contributed by atoms with E-state index < -0.39 is 14.3 Å². The summed E-state index contributed by atoms with van der Waals surface area (Å²) in [5, 5.41) is 8.83. The first kappa shape index (κ1) is 26.9. The zero-order valence-electron chi connectivity index (χ0n) is 19.2. The minimum Gasteiger partial charge on any atom is -0.481 e. The number of rotatable bonds is 15. The highest BCUT2D eigenvalue weighted by Gasteiger charge is 2.37. The Kier molecular flexibility index (Phi) is 14.2. The van der Waals surface area contributed by atoms with Gasteiger partial charge in [-0.2, -0.15) is 0 Å². The molecule has 0 heterocycles. The zero-order chi connectivity index (χ0) is 21.5. The molecule has 1 N–H and O–H groups in total. The highest BCUT2D eigenvalue weighted by atomic mass is 28.4. The molecular weight excluding hydrogens is 364 g/mol. The molecule has 0 aromatic carbocycles. The molecule has 0 aliphatic heterocycles. The van der Waals surface area contributed by atoms with E-state index in [4.69, 9.17) is 9.53 Å². The van der Waals surface area contributed by atoms with Crippen LogP contribution in [0.15, 0.2) is 36.5 Å². The van der Waals surface area contributed by atoms with E-state index in [0.717, 1.165) is 38.5 Å². The molecule has 0 unspecified atom stereocenters. The highest BCUT2D eigenvalue weighted by Crippen LogP contribution is 2.37. The summed E-state index contributed by atoms with van der Waals surface area (Å²) in [7, 11) is -1.68. The summed E-state index contributed by atoms with van der Waals surface area (Å²) < 4.78 is 6.32. The van der Waals surface area contributed by atoms with Crippen LogP contribution in [-0.4, -0.2) is 25.5 Å². The first-order chi connectivity index (χ1) is 13.1. The molecule has 0 spiro atoms. The SMILES string of the molecule is C[C@@H](/C=C\C/C=C\C/C=C\CCCCCCCC(=O)O)O[Si](C)(C)C(C)(C)C. The lowest BCUT2D eigenvalue weighted by Crippen LogP contribution is -2.42. The smallest absolute Gasteiger partial charge is 0.303 e. The third kappa shape index (κ3) is 14.9. The Labute approximate surface area is 175 Å². The summed E-state index contributed by atoms with van der Waals surface area (Å²) in [6.45, 7) is 13.5. The molecule has 0 saturated carbocycles. The van der Waals surface area contributed by atoms with Gasteiger partial charge in [0.25, 0.3) is 0 Å². The van der Waals surface area contributed by atoms with Crippen LogP contribution in [0.5, 0.6) is 0 Å². The zero-order valence-corrected chi connectivity index (χ0v) is 20.2. The molecule has 0 rings (SSSR count). The van der Waals surface area contributed by atoms with Gasteiger partial charge in [0.05, 0.1) is 6.10 Å². The van der Waals surface area contributed by atoms with Crippen LogP contribution >= 0.6 is 0 Å².